The van der Waals surface area contributed by atoms with Crippen LogP contribution in [0.2, 0.25) is 0 Å². The van der Waals surface area contributed by atoms with E-state index >= 15 is 0 Å². The van der Waals surface area contributed by atoms with Gasteiger partial charge in [-0.05, 0) is 28.8 Å². The largest absolute Gasteiger partial charge is 0.514 e. The molecule has 1 heterocycles. The molecule has 0 atom stereocenters. The summed E-state index contributed by atoms with van der Waals surface area (Å²) < 4.78 is 9.61. The molecule has 2 aromatic carbocycles. The Hall–Kier alpha value is -3.14. The second-order valence-corrected chi connectivity index (χ2v) is 4.86. The molecule has 0 radical (unpaired) electrons. The van der Waals surface area contributed by atoms with Crippen molar-refractivity contribution in [2.45, 2.75) is 0 Å². The van der Waals surface area contributed by atoms with E-state index in [4.69, 9.17) is 4.74 Å². The first-order chi connectivity index (χ1) is 11.3. The van der Waals surface area contributed by atoms with E-state index in [0.29, 0.717) is 0 Å². The van der Waals surface area contributed by atoms with Gasteiger partial charge in [0.05, 0.1) is 7.11 Å². The predicted octanol–water partition coefficient (Wildman–Crippen LogP) is 4.56. The Morgan fingerprint density at radius 2 is 1.48 bits per heavy atom. The van der Waals surface area contributed by atoms with Gasteiger partial charge in [0.15, 0.2) is 0 Å². The highest BCUT2D eigenvalue weighted by Gasteiger charge is 2.12. The molecule has 0 saturated heterocycles. The van der Waals surface area contributed by atoms with Gasteiger partial charge in [-0.15, -0.1) is 0 Å². The van der Waals surface area contributed by atoms with Gasteiger partial charge in [0.25, 0.3) is 0 Å². The molecule has 0 unspecified atom stereocenters. The molecule has 4 heteroatoms. The van der Waals surface area contributed by atoms with E-state index in [0.717, 1.165) is 22.3 Å². The van der Waals surface area contributed by atoms with Crippen LogP contribution in [0.5, 0.6) is 5.88 Å². The molecule has 0 fully saturated rings. The van der Waals surface area contributed by atoms with Gasteiger partial charge >= 0.3 is 6.16 Å². The number of carbonyl (C=O) groups excluding carboxylic acids is 1. The van der Waals surface area contributed by atoms with Crippen LogP contribution in [0.4, 0.5) is 4.79 Å². The van der Waals surface area contributed by atoms with Crippen molar-refractivity contribution >= 4 is 6.16 Å². The quantitative estimate of drug-likeness (QED) is 0.665. The Balaban J connectivity index is 1.92. The molecule has 0 spiro atoms. The zero-order valence-corrected chi connectivity index (χ0v) is 12.6. The minimum atomic E-state index is -0.786. The first kappa shape index (κ1) is 14.8. The minimum absolute atomic E-state index is 0.229. The van der Waals surface area contributed by atoms with Crippen LogP contribution in [0, 0.1) is 0 Å². The fraction of sp³-hybridized carbons (Fsp3) is 0.0526. The van der Waals surface area contributed by atoms with Crippen LogP contribution in [-0.4, -0.2) is 18.2 Å². The molecule has 3 aromatic rings. The van der Waals surface area contributed by atoms with Gasteiger partial charge in [-0.25, -0.2) is 9.78 Å². The Morgan fingerprint density at radius 3 is 2.17 bits per heavy atom. The molecule has 0 amide bonds. The van der Waals surface area contributed by atoms with E-state index in [1.54, 1.807) is 12.3 Å². The van der Waals surface area contributed by atoms with E-state index in [-0.39, 0.29) is 5.88 Å². The number of hydrogen-bond donors (Lipinski definition) is 0. The summed E-state index contributed by atoms with van der Waals surface area (Å²) in [7, 11) is 1.26. The Labute approximate surface area is 134 Å². The summed E-state index contributed by atoms with van der Waals surface area (Å²) in [4.78, 5) is 15.4. The summed E-state index contributed by atoms with van der Waals surface area (Å²) in [6.07, 6.45) is 0.783. The van der Waals surface area contributed by atoms with Gasteiger partial charge < -0.3 is 9.47 Å². The molecule has 1 aromatic heterocycles. The molecule has 23 heavy (non-hydrogen) atoms. The summed E-state index contributed by atoms with van der Waals surface area (Å²) in [5.74, 6) is 0.229. The molecule has 0 N–H and O–H groups in total. The van der Waals surface area contributed by atoms with Crippen molar-refractivity contribution in [3.63, 3.8) is 0 Å². The van der Waals surface area contributed by atoms with Crippen molar-refractivity contribution in [2.24, 2.45) is 0 Å². The lowest BCUT2D eigenvalue weighted by atomic mass is 10.0. The van der Waals surface area contributed by atoms with Crippen molar-refractivity contribution < 1.29 is 14.3 Å². The van der Waals surface area contributed by atoms with Crippen LogP contribution in [0.3, 0.4) is 0 Å². The third-order valence-corrected chi connectivity index (χ3v) is 3.42. The first-order valence-corrected chi connectivity index (χ1v) is 7.14. The third-order valence-electron chi connectivity index (χ3n) is 3.42. The standard InChI is InChI=1S/C19H15NO3/c1-22-19(21)23-18-17(8-5-13-20-18)16-11-9-15(10-12-16)14-6-3-2-4-7-14/h2-13H,1H3. The van der Waals surface area contributed by atoms with Gasteiger partial charge in [0.1, 0.15) is 0 Å². The molecule has 114 valence electrons. The summed E-state index contributed by atoms with van der Waals surface area (Å²) in [6, 6.07) is 21.8. The maximum atomic E-state index is 11.3. The smallest absolute Gasteiger partial charge is 0.437 e. The predicted molar refractivity (Wildman–Crippen MR) is 88.1 cm³/mol. The van der Waals surface area contributed by atoms with E-state index < -0.39 is 6.16 Å². The van der Waals surface area contributed by atoms with Crippen molar-refractivity contribution in [3.05, 3.63) is 72.9 Å². The number of benzene rings is 2. The van der Waals surface area contributed by atoms with Gasteiger partial charge in [-0.1, -0.05) is 54.6 Å². The maximum Gasteiger partial charge on any atom is 0.514 e. The topological polar surface area (TPSA) is 48.4 Å². The molecule has 3 rings (SSSR count). The number of rotatable bonds is 3. The second-order valence-electron chi connectivity index (χ2n) is 4.86. The lowest BCUT2D eigenvalue weighted by molar-refractivity contribution is 0.120. The van der Waals surface area contributed by atoms with E-state index in [1.807, 2.05) is 48.5 Å². The fourth-order valence-corrected chi connectivity index (χ4v) is 2.29. The Kier molecular flexibility index (Phi) is 4.34. The monoisotopic (exact) mass is 305 g/mol. The highest BCUT2D eigenvalue weighted by molar-refractivity contribution is 5.75. The van der Waals surface area contributed by atoms with Crippen molar-refractivity contribution in [1.82, 2.24) is 4.98 Å². The minimum Gasteiger partial charge on any atom is -0.437 e. The summed E-state index contributed by atoms with van der Waals surface area (Å²) in [5, 5.41) is 0. The zero-order valence-electron chi connectivity index (χ0n) is 12.6. The molecular formula is C19H15NO3. The normalized spacial score (nSPS) is 10.1. The molecule has 0 aliphatic rings. The van der Waals surface area contributed by atoms with Gasteiger partial charge in [-0.3, -0.25) is 0 Å². The lowest BCUT2D eigenvalue weighted by Crippen LogP contribution is -2.09. The van der Waals surface area contributed by atoms with Crippen LogP contribution in [0.1, 0.15) is 0 Å². The number of ether oxygens (including phenoxy) is 2. The SMILES string of the molecule is COC(=O)Oc1ncccc1-c1ccc(-c2ccccc2)cc1. The molecule has 0 aliphatic heterocycles. The van der Waals surface area contributed by atoms with Crippen molar-refractivity contribution in [3.8, 4) is 28.1 Å². The van der Waals surface area contributed by atoms with Crippen LogP contribution in [0.15, 0.2) is 72.9 Å². The number of aromatic nitrogens is 1. The summed E-state index contributed by atoms with van der Waals surface area (Å²) >= 11 is 0. The fourth-order valence-electron chi connectivity index (χ4n) is 2.29. The highest BCUT2D eigenvalue weighted by atomic mass is 16.7. The van der Waals surface area contributed by atoms with E-state index in [2.05, 4.69) is 21.9 Å². The third kappa shape index (κ3) is 3.37. The Morgan fingerprint density at radius 1 is 0.826 bits per heavy atom. The van der Waals surface area contributed by atoms with E-state index in [9.17, 15) is 4.79 Å². The first-order valence-electron chi connectivity index (χ1n) is 7.14. The lowest BCUT2D eigenvalue weighted by Gasteiger charge is -2.09. The Bertz CT molecular complexity index is 798. The number of carbonyl (C=O) groups is 1. The molecule has 4 nitrogen and oxygen atoms in total. The number of hydrogen-bond acceptors (Lipinski definition) is 4. The highest BCUT2D eigenvalue weighted by Crippen LogP contribution is 2.30. The van der Waals surface area contributed by atoms with Crippen LogP contribution in [-0.2, 0) is 4.74 Å². The van der Waals surface area contributed by atoms with E-state index in [1.165, 1.54) is 7.11 Å². The van der Waals surface area contributed by atoms with Crippen LogP contribution in [0.25, 0.3) is 22.3 Å². The number of pyridine rings is 1. The van der Waals surface area contributed by atoms with Crippen LogP contribution >= 0.6 is 0 Å². The van der Waals surface area contributed by atoms with Gasteiger partial charge in [-0.2, -0.15) is 0 Å². The second kappa shape index (κ2) is 6.75. The summed E-state index contributed by atoms with van der Waals surface area (Å²) in [5.41, 5.74) is 3.92. The summed E-state index contributed by atoms with van der Waals surface area (Å²) in [6.45, 7) is 0. The van der Waals surface area contributed by atoms with Crippen molar-refractivity contribution in [2.75, 3.05) is 7.11 Å². The molecule has 0 bridgehead atoms. The van der Waals surface area contributed by atoms with Crippen LogP contribution < -0.4 is 4.74 Å². The van der Waals surface area contributed by atoms with Gasteiger partial charge in [0, 0.05) is 11.8 Å². The number of nitrogens with zero attached hydrogens (tertiary/aromatic N) is 1. The molecule has 0 saturated carbocycles. The molecule has 0 aliphatic carbocycles. The zero-order chi connectivity index (χ0) is 16.1. The average Bonchev–Trinajstić information content (AvgIpc) is 2.63. The van der Waals surface area contributed by atoms with Crippen molar-refractivity contribution in [1.29, 1.82) is 0 Å². The maximum absolute atomic E-state index is 11.3. The number of methoxy groups -OCH3 is 1. The average molecular weight is 305 g/mol. The molecular weight excluding hydrogens is 290 g/mol. The van der Waals surface area contributed by atoms with Gasteiger partial charge in [0.2, 0.25) is 5.88 Å².